The molecule has 0 saturated heterocycles. The van der Waals surface area contributed by atoms with E-state index in [9.17, 15) is 4.79 Å². The van der Waals surface area contributed by atoms with E-state index in [1.54, 1.807) is 6.20 Å². The van der Waals surface area contributed by atoms with E-state index in [0.717, 1.165) is 16.5 Å². The Morgan fingerprint density at radius 3 is 3.19 bits per heavy atom. The van der Waals surface area contributed by atoms with Crippen LogP contribution in [0.25, 0.3) is 10.9 Å². The number of fused-ring (bicyclic) bond motifs is 1. The van der Waals surface area contributed by atoms with Crippen molar-refractivity contribution in [1.82, 2.24) is 15.5 Å². The zero-order valence-electron chi connectivity index (χ0n) is 8.86. The van der Waals surface area contributed by atoms with Gasteiger partial charge in [-0.15, -0.1) is 0 Å². The molecule has 1 heterocycles. The van der Waals surface area contributed by atoms with Gasteiger partial charge in [0.15, 0.2) is 0 Å². The number of hydrogen-bond acceptors (Lipinski definition) is 3. The zero-order valence-corrected chi connectivity index (χ0v) is 8.86. The van der Waals surface area contributed by atoms with Gasteiger partial charge in [-0.2, -0.15) is 5.10 Å². The van der Waals surface area contributed by atoms with Crippen LogP contribution in [0, 0.1) is 0 Å². The van der Waals surface area contributed by atoms with Crippen LogP contribution in [0.3, 0.4) is 0 Å². The van der Waals surface area contributed by atoms with Crippen molar-refractivity contribution < 1.29 is 4.79 Å². The fourth-order valence-corrected chi connectivity index (χ4v) is 1.61. The summed E-state index contributed by atoms with van der Waals surface area (Å²) in [5.41, 5.74) is 7.23. The van der Waals surface area contributed by atoms with Gasteiger partial charge in [0, 0.05) is 24.9 Å². The maximum atomic E-state index is 10.5. The highest BCUT2D eigenvalue weighted by atomic mass is 16.1. The van der Waals surface area contributed by atoms with Crippen LogP contribution in [0.4, 0.5) is 0 Å². The number of carbonyl (C=O) groups is 1. The highest BCUT2D eigenvalue weighted by Gasteiger charge is 2.02. The largest absolute Gasteiger partial charge is 0.370 e. The van der Waals surface area contributed by atoms with E-state index in [0.29, 0.717) is 19.5 Å². The molecule has 0 aliphatic carbocycles. The number of nitrogens with one attached hydrogen (secondary N) is 2. The van der Waals surface area contributed by atoms with Crippen LogP contribution in [0.1, 0.15) is 12.0 Å². The Labute approximate surface area is 93.0 Å². The van der Waals surface area contributed by atoms with Crippen LogP contribution in [-0.2, 0) is 11.3 Å². The summed E-state index contributed by atoms with van der Waals surface area (Å²) < 4.78 is 0. The molecule has 0 saturated carbocycles. The normalized spacial score (nSPS) is 10.8. The minimum absolute atomic E-state index is 0.285. The quantitative estimate of drug-likeness (QED) is 0.640. The Balaban J connectivity index is 1.98. The highest BCUT2D eigenvalue weighted by molar-refractivity contribution is 5.81. The van der Waals surface area contributed by atoms with Crippen molar-refractivity contribution in [1.29, 1.82) is 0 Å². The summed E-state index contributed by atoms with van der Waals surface area (Å²) in [7, 11) is 0. The number of nitrogens with zero attached hydrogens (tertiary/aromatic N) is 1. The van der Waals surface area contributed by atoms with Gasteiger partial charge < -0.3 is 11.1 Å². The zero-order chi connectivity index (χ0) is 11.4. The first kappa shape index (κ1) is 10.6. The van der Waals surface area contributed by atoms with Gasteiger partial charge in [0.1, 0.15) is 0 Å². The molecule has 1 aromatic carbocycles. The van der Waals surface area contributed by atoms with Crippen LogP contribution in [0.15, 0.2) is 24.4 Å². The lowest BCUT2D eigenvalue weighted by Crippen LogP contribution is -2.21. The summed E-state index contributed by atoms with van der Waals surface area (Å²) in [4.78, 5) is 10.5. The number of H-pyrrole nitrogens is 1. The van der Waals surface area contributed by atoms with E-state index in [-0.39, 0.29) is 5.91 Å². The first-order chi connectivity index (χ1) is 7.77. The highest BCUT2D eigenvalue weighted by Crippen LogP contribution is 2.14. The maximum absolute atomic E-state index is 10.5. The third kappa shape index (κ3) is 2.38. The second-order valence-corrected chi connectivity index (χ2v) is 3.64. The molecular formula is C11H14N4O. The number of hydrogen-bond donors (Lipinski definition) is 3. The molecule has 1 aromatic heterocycles. The van der Waals surface area contributed by atoms with Crippen LogP contribution in [0.5, 0.6) is 0 Å². The average molecular weight is 218 g/mol. The standard InChI is InChI=1S/C11H14N4O/c12-10(16)4-5-13-6-8-2-1-3-9-7-14-15-11(8)9/h1-3,7,13H,4-6H2,(H2,12,16)(H,14,15). The van der Waals surface area contributed by atoms with Gasteiger partial charge in [0.25, 0.3) is 0 Å². The number of benzene rings is 1. The molecular weight excluding hydrogens is 204 g/mol. The molecule has 0 atom stereocenters. The minimum atomic E-state index is -0.285. The lowest BCUT2D eigenvalue weighted by molar-refractivity contribution is -0.117. The van der Waals surface area contributed by atoms with Crippen LogP contribution in [-0.4, -0.2) is 22.6 Å². The first-order valence-electron chi connectivity index (χ1n) is 5.17. The molecule has 0 unspecified atom stereocenters. The predicted octanol–water partition coefficient (Wildman–Crippen LogP) is 0.528. The van der Waals surface area contributed by atoms with Crippen molar-refractivity contribution in [2.75, 3.05) is 6.54 Å². The molecule has 16 heavy (non-hydrogen) atoms. The smallest absolute Gasteiger partial charge is 0.218 e. The number of aromatic nitrogens is 2. The summed E-state index contributed by atoms with van der Waals surface area (Å²) in [6.45, 7) is 1.30. The summed E-state index contributed by atoms with van der Waals surface area (Å²) >= 11 is 0. The van der Waals surface area contributed by atoms with Gasteiger partial charge in [-0.25, -0.2) is 0 Å². The fourth-order valence-electron chi connectivity index (χ4n) is 1.61. The lowest BCUT2D eigenvalue weighted by Gasteiger charge is -2.04. The van der Waals surface area contributed by atoms with Gasteiger partial charge in [-0.1, -0.05) is 18.2 Å². The van der Waals surface area contributed by atoms with E-state index in [4.69, 9.17) is 5.73 Å². The third-order valence-corrected chi connectivity index (χ3v) is 2.43. The molecule has 5 heteroatoms. The van der Waals surface area contributed by atoms with Gasteiger partial charge >= 0.3 is 0 Å². The van der Waals surface area contributed by atoms with Gasteiger partial charge in [-0.3, -0.25) is 9.89 Å². The van der Waals surface area contributed by atoms with E-state index in [1.807, 2.05) is 18.2 Å². The minimum Gasteiger partial charge on any atom is -0.370 e. The Kier molecular flexibility index (Phi) is 3.16. The molecule has 0 aliphatic heterocycles. The second-order valence-electron chi connectivity index (χ2n) is 3.64. The van der Waals surface area contributed by atoms with Gasteiger partial charge in [-0.05, 0) is 5.56 Å². The predicted molar refractivity (Wildman–Crippen MR) is 61.6 cm³/mol. The van der Waals surface area contributed by atoms with Crippen molar-refractivity contribution >= 4 is 16.8 Å². The van der Waals surface area contributed by atoms with E-state index in [1.165, 1.54) is 0 Å². The average Bonchev–Trinajstić information content (AvgIpc) is 2.72. The van der Waals surface area contributed by atoms with Gasteiger partial charge in [0.05, 0.1) is 11.7 Å². The topological polar surface area (TPSA) is 83.8 Å². The molecule has 0 fully saturated rings. The molecule has 0 aliphatic rings. The molecule has 4 N–H and O–H groups in total. The molecule has 0 bridgehead atoms. The van der Waals surface area contributed by atoms with Crippen LogP contribution in [0.2, 0.25) is 0 Å². The number of carbonyl (C=O) groups excluding carboxylic acids is 1. The van der Waals surface area contributed by atoms with E-state index < -0.39 is 0 Å². The second kappa shape index (κ2) is 4.76. The molecule has 5 nitrogen and oxygen atoms in total. The van der Waals surface area contributed by atoms with Crippen molar-refractivity contribution in [3.05, 3.63) is 30.0 Å². The summed E-state index contributed by atoms with van der Waals surface area (Å²) in [6, 6.07) is 6.02. The first-order valence-corrected chi connectivity index (χ1v) is 5.17. The Hall–Kier alpha value is -1.88. The number of primary amides is 1. The molecule has 0 spiro atoms. The molecule has 2 aromatic rings. The number of rotatable bonds is 5. The van der Waals surface area contributed by atoms with Crippen LogP contribution >= 0.6 is 0 Å². The number of para-hydroxylation sites is 1. The monoisotopic (exact) mass is 218 g/mol. The number of amides is 1. The van der Waals surface area contributed by atoms with Crippen LogP contribution < -0.4 is 11.1 Å². The molecule has 84 valence electrons. The van der Waals surface area contributed by atoms with Crippen molar-refractivity contribution in [3.8, 4) is 0 Å². The third-order valence-electron chi connectivity index (χ3n) is 2.43. The summed E-state index contributed by atoms with van der Waals surface area (Å²) in [6.07, 6.45) is 2.15. The van der Waals surface area contributed by atoms with Crippen molar-refractivity contribution in [2.24, 2.45) is 5.73 Å². The SMILES string of the molecule is NC(=O)CCNCc1cccc2cn[nH]c12. The van der Waals surface area contributed by atoms with E-state index in [2.05, 4.69) is 15.5 Å². The van der Waals surface area contributed by atoms with Gasteiger partial charge in [0.2, 0.25) is 5.91 Å². The number of nitrogens with two attached hydrogens (primary N) is 1. The van der Waals surface area contributed by atoms with Crippen molar-refractivity contribution in [3.63, 3.8) is 0 Å². The molecule has 2 rings (SSSR count). The summed E-state index contributed by atoms with van der Waals surface area (Å²) in [5.74, 6) is -0.285. The number of aromatic amines is 1. The van der Waals surface area contributed by atoms with Crippen molar-refractivity contribution in [2.45, 2.75) is 13.0 Å². The summed E-state index contributed by atoms with van der Waals surface area (Å²) in [5, 5.41) is 11.2. The lowest BCUT2D eigenvalue weighted by atomic mass is 10.1. The Morgan fingerprint density at radius 2 is 2.38 bits per heavy atom. The molecule has 0 radical (unpaired) electrons. The molecule has 1 amide bonds. The van der Waals surface area contributed by atoms with E-state index >= 15 is 0 Å². The fraction of sp³-hybridized carbons (Fsp3) is 0.273. The maximum Gasteiger partial charge on any atom is 0.218 e. The Bertz CT molecular complexity index is 491. The Morgan fingerprint density at radius 1 is 1.50 bits per heavy atom.